The van der Waals surface area contributed by atoms with Crippen LogP contribution in [-0.2, 0) is 16.1 Å². The lowest BCUT2D eigenvalue weighted by molar-refractivity contribution is -0.122. The van der Waals surface area contributed by atoms with Crippen LogP contribution in [0.5, 0.6) is 5.75 Å². The molecule has 5 nitrogen and oxygen atoms in total. The van der Waals surface area contributed by atoms with Gasteiger partial charge in [0, 0.05) is 20.3 Å². The largest absolute Gasteiger partial charge is 0.486 e. The van der Waals surface area contributed by atoms with E-state index in [2.05, 4.69) is 12.1 Å². The third-order valence-electron chi connectivity index (χ3n) is 5.12. The number of rotatable bonds is 8. The molecule has 0 atom stereocenters. The van der Waals surface area contributed by atoms with Gasteiger partial charge in [0.2, 0.25) is 0 Å². The number of nitrogens with zero attached hydrogens (tertiary/aromatic N) is 1. The Bertz CT molecular complexity index is 1220. The van der Waals surface area contributed by atoms with Crippen molar-refractivity contribution in [3.63, 3.8) is 0 Å². The highest BCUT2D eigenvalue weighted by Crippen LogP contribution is 2.38. The molecule has 33 heavy (non-hydrogen) atoms. The van der Waals surface area contributed by atoms with Crippen LogP contribution in [0.15, 0.2) is 59.5 Å². The zero-order valence-corrected chi connectivity index (χ0v) is 20.2. The molecule has 4 rings (SSSR count). The second kappa shape index (κ2) is 10.6. The number of carbonyl (C=O) groups is 2. The molecule has 0 unspecified atom stereocenters. The highest BCUT2D eigenvalue weighted by atomic mass is 35.5. The zero-order chi connectivity index (χ0) is 23.4. The SMILES string of the molecule is COCCCN1C(=O)S/C(=C/c2cc(Cl)c(OCc3ccc4ccccc4c3)c(Cl)c2)C1=O. The van der Waals surface area contributed by atoms with Crippen LogP contribution in [0.3, 0.4) is 0 Å². The first-order valence-corrected chi connectivity index (χ1v) is 11.9. The maximum Gasteiger partial charge on any atom is 0.293 e. The Labute approximate surface area is 206 Å². The molecule has 0 spiro atoms. The molecule has 0 aliphatic carbocycles. The summed E-state index contributed by atoms with van der Waals surface area (Å²) in [4.78, 5) is 26.3. The summed E-state index contributed by atoms with van der Waals surface area (Å²) in [6.45, 7) is 1.11. The fourth-order valence-corrected chi connectivity index (χ4v) is 4.97. The molecule has 0 aromatic heterocycles. The van der Waals surface area contributed by atoms with Gasteiger partial charge in [-0.25, -0.2) is 0 Å². The number of fused-ring (bicyclic) bond motifs is 1. The number of ether oxygens (including phenoxy) is 2. The van der Waals surface area contributed by atoms with E-state index in [1.165, 1.54) is 4.90 Å². The number of amides is 2. The van der Waals surface area contributed by atoms with Crippen LogP contribution >= 0.6 is 35.0 Å². The van der Waals surface area contributed by atoms with Crippen molar-refractivity contribution >= 4 is 63.0 Å². The molecule has 3 aromatic rings. The van der Waals surface area contributed by atoms with Gasteiger partial charge < -0.3 is 9.47 Å². The predicted octanol–water partition coefficient (Wildman–Crippen LogP) is 6.80. The van der Waals surface area contributed by atoms with Gasteiger partial charge in [-0.05, 0) is 64.4 Å². The average Bonchev–Trinajstić information content (AvgIpc) is 3.06. The molecule has 0 N–H and O–H groups in total. The van der Waals surface area contributed by atoms with E-state index in [0.717, 1.165) is 28.1 Å². The number of methoxy groups -OCH3 is 1. The zero-order valence-electron chi connectivity index (χ0n) is 17.8. The number of hydrogen-bond acceptors (Lipinski definition) is 5. The van der Waals surface area contributed by atoms with E-state index < -0.39 is 0 Å². The molecular weight excluding hydrogens is 481 g/mol. The average molecular weight is 502 g/mol. The van der Waals surface area contributed by atoms with Crippen molar-refractivity contribution in [3.8, 4) is 5.75 Å². The van der Waals surface area contributed by atoms with E-state index in [1.54, 1.807) is 25.3 Å². The summed E-state index contributed by atoms with van der Waals surface area (Å²) >= 11 is 13.8. The van der Waals surface area contributed by atoms with Crippen molar-refractivity contribution in [1.29, 1.82) is 0 Å². The molecule has 1 heterocycles. The minimum Gasteiger partial charge on any atom is -0.486 e. The van der Waals surface area contributed by atoms with Crippen molar-refractivity contribution in [3.05, 3.63) is 80.7 Å². The number of hydrogen-bond donors (Lipinski definition) is 0. The van der Waals surface area contributed by atoms with E-state index in [0.29, 0.717) is 52.4 Å². The summed E-state index contributed by atoms with van der Waals surface area (Å²) in [5, 5.41) is 2.64. The van der Waals surface area contributed by atoms with Gasteiger partial charge >= 0.3 is 0 Å². The fourth-order valence-electron chi connectivity index (χ4n) is 3.50. The lowest BCUT2D eigenvalue weighted by Gasteiger charge is -2.12. The second-order valence-electron chi connectivity index (χ2n) is 7.46. The van der Waals surface area contributed by atoms with Crippen LogP contribution < -0.4 is 4.74 Å². The smallest absolute Gasteiger partial charge is 0.293 e. The summed E-state index contributed by atoms with van der Waals surface area (Å²) in [6, 6.07) is 17.5. The number of imide groups is 1. The van der Waals surface area contributed by atoms with Gasteiger partial charge in [-0.3, -0.25) is 14.5 Å². The monoisotopic (exact) mass is 501 g/mol. The first kappa shape index (κ1) is 23.6. The fraction of sp³-hybridized carbons (Fsp3) is 0.200. The lowest BCUT2D eigenvalue weighted by Crippen LogP contribution is -2.29. The van der Waals surface area contributed by atoms with Crippen LogP contribution in [0.2, 0.25) is 10.0 Å². The highest BCUT2D eigenvalue weighted by Gasteiger charge is 2.34. The van der Waals surface area contributed by atoms with Crippen LogP contribution in [0.1, 0.15) is 17.5 Å². The van der Waals surface area contributed by atoms with Crippen molar-refractivity contribution in [1.82, 2.24) is 4.90 Å². The molecule has 0 bridgehead atoms. The summed E-state index contributed by atoms with van der Waals surface area (Å²) in [5.41, 5.74) is 1.61. The summed E-state index contributed by atoms with van der Waals surface area (Å²) in [7, 11) is 1.58. The molecule has 1 fully saturated rings. The number of thioether (sulfide) groups is 1. The van der Waals surface area contributed by atoms with E-state index >= 15 is 0 Å². The van der Waals surface area contributed by atoms with Crippen molar-refractivity contribution in [2.24, 2.45) is 0 Å². The third-order valence-corrected chi connectivity index (χ3v) is 6.59. The molecule has 8 heteroatoms. The molecule has 170 valence electrons. The molecule has 0 radical (unpaired) electrons. The maximum atomic E-state index is 12.6. The lowest BCUT2D eigenvalue weighted by atomic mass is 10.1. The maximum absolute atomic E-state index is 12.6. The standard InChI is InChI=1S/C25H21Cl2NO4S/c1-31-10-4-9-28-24(29)22(33-25(28)30)14-17-12-20(26)23(21(27)13-17)32-15-16-7-8-18-5-2-3-6-19(18)11-16/h2-3,5-8,11-14H,4,9-10,15H2,1H3/b22-14+. The van der Waals surface area contributed by atoms with Gasteiger partial charge in [0.25, 0.3) is 11.1 Å². The van der Waals surface area contributed by atoms with Crippen molar-refractivity contribution < 1.29 is 19.1 Å². The minimum absolute atomic E-state index is 0.296. The normalized spacial score (nSPS) is 15.1. The van der Waals surface area contributed by atoms with Gasteiger partial charge in [-0.2, -0.15) is 0 Å². The summed E-state index contributed by atoms with van der Waals surface area (Å²) in [6.07, 6.45) is 2.20. The number of carbonyl (C=O) groups excluding carboxylic acids is 2. The molecular formula is C25H21Cl2NO4S. The first-order valence-electron chi connectivity index (χ1n) is 10.3. The van der Waals surface area contributed by atoms with Gasteiger partial charge in [0.15, 0.2) is 5.75 Å². The second-order valence-corrected chi connectivity index (χ2v) is 9.27. The molecule has 1 saturated heterocycles. The Hall–Kier alpha value is -2.51. The first-order chi connectivity index (χ1) is 16.0. The van der Waals surface area contributed by atoms with Gasteiger partial charge in [-0.1, -0.05) is 59.6 Å². The van der Waals surface area contributed by atoms with Crippen LogP contribution in [-0.4, -0.2) is 36.3 Å². The molecule has 1 aliphatic rings. The summed E-state index contributed by atoms with van der Waals surface area (Å²) in [5.74, 6) is 0.0429. The van der Waals surface area contributed by atoms with E-state index in [1.807, 2.05) is 30.3 Å². The van der Waals surface area contributed by atoms with Crippen molar-refractivity contribution in [2.75, 3.05) is 20.3 Å². The van der Waals surface area contributed by atoms with Crippen LogP contribution in [0.4, 0.5) is 4.79 Å². The van der Waals surface area contributed by atoms with Crippen LogP contribution in [0, 0.1) is 0 Å². The highest BCUT2D eigenvalue weighted by molar-refractivity contribution is 8.18. The Balaban J connectivity index is 1.47. The Morgan fingerprint density at radius 2 is 1.73 bits per heavy atom. The predicted molar refractivity (Wildman–Crippen MR) is 134 cm³/mol. The van der Waals surface area contributed by atoms with Crippen LogP contribution in [0.25, 0.3) is 16.8 Å². The minimum atomic E-state index is -0.329. The van der Waals surface area contributed by atoms with E-state index in [-0.39, 0.29) is 11.1 Å². The van der Waals surface area contributed by atoms with Gasteiger partial charge in [0.05, 0.1) is 15.0 Å². The summed E-state index contributed by atoms with van der Waals surface area (Å²) < 4.78 is 10.9. The van der Waals surface area contributed by atoms with E-state index in [9.17, 15) is 9.59 Å². The van der Waals surface area contributed by atoms with Gasteiger partial charge in [-0.15, -0.1) is 0 Å². The molecule has 3 aromatic carbocycles. The van der Waals surface area contributed by atoms with Crippen molar-refractivity contribution in [2.45, 2.75) is 13.0 Å². The molecule has 2 amide bonds. The topological polar surface area (TPSA) is 55.8 Å². The number of halogens is 2. The Morgan fingerprint density at radius 1 is 1.00 bits per heavy atom. The molecule has 0 saturated carbocycles. The number of benzene rings is 3. The quantitative estimate of drug-likeness (QED) is 0.251. The molecule has 1 aliphatic heterocycles. The van der Waals surface area contributed by atoms with Gasteiger partial charge in [0.1, 0.15) is 6.61 Å². The third kappa shape index (κ3) is 5.53. The van der Waals surface area contributed by atoms with E-state index in [4.69, 9.17) is 32.7 Å². The Kier molecular flexibility index (Phi) is 7.60. The Morgan fingerprint density at radius 3 is 2.45 bits per heavy atom.